The monoisotopic (exact) mass is 336 g/mol. The summed E-state index contributed by atoms with van der Waals surface area (Å²) in [5, 5.41) is 2.21. The quantitative estimate of drug-likeness (QED) is 0.596. The first-order valence-corrected chi connectivity index (χ1v) is 7.82. The molecule has 0 N–H and O–H groups in total. The highest BCUT2D eigenvalue weighted by molar-refractivity contribution is 6.04. The highest BCUT2D eigenvalue weighted by atomic mass is 35.5. The van der Waals surface area contributed by atoms with E-state index in [1.54, 1.807) is 0 Å². The molecule has 0 fully saturated rings. The van der Waals surface area contributed by atoms with Gasteiger partial charge in [0.15, 0.2) is 0 Å². The van der Waals surface area contributed by atoms with Crippen molar-refractivity contribution >= 4 is 17.2 Å². The lowest BCUT2D eigenvalue weighted by Crippen LogP contribution is -3.00. The van der Waals surface area contributed by atoms with Crippen molar-refractivity contribution in [3.05, 3.63) is 76.2 Å². The first-order valence-electron chi connectivity index (χ1n) is 7.82. The third-order valence-electron chi connectivity index (χ3n) is 4.86. The average Bonchev–Trinajstić information content (AvgIpc) is 2.98. The van der Waals surface area contributed by atoms with E-state index >= 15 is 0 Å². The Hall–Kier alpha value is -2.59. The molecular weight excluding hydrogens is 322 g/mol. The lowest BCUT2D eigenvalue weighted by atomic mass is 9.99. The van der Waals surface area contributed by atoms with Gasteiger partial charge in [-0.3, -0.25) is 9.69 Å². The van der Waals surface area contributed by atoms with Crippen LogP contribution < -0.4 is 27.9 Å². The van der Waals surface area contributed by atoms with Gasteiger partial charge in [-0.05, 0) is 30.2 Å². The van der Waals surface area contributed by atoms with Crippen LogP contribution >= 0.6 is 0 Å². The van der Waals surface area contributed by atoms with Crippen molar-refractivity contribution in [1.29, 1.82) is 0 Å². The zero-order chi connectivity index (χ0) is 15.6. The largest absolute Gasteiger partial charge is 1.00 e. The molecule has 24 heavy (non-hydrogen) atoms. The van der Waals surface area contributed by atoms with E-state index < -0.39 is 0 Å². The summed E-state index contributed by atoms with van der Waals surface area (Å²) >= 11 is 0. The summed E-state index contributed by atoms with van der Waals surface area (Å²) in [7, 11) is 2.02. The van der Waals surface area contributed by atoms with E-state index in [1.165, 1.54) is 10.8 Å². The topological polar surface area (TPSA) is 35.9 Å². The van der Waals surface area contributed by atoms with Gasteiger partial charge in [-0.2, -0.15) is 0 Å². The average molecular weight is 337 g/mol. The van der Waals surface area contributed by atoms with Crippen LogP contribution in [-0.4, -0.2) is 24.4 Å². The van der Waals surface area contributed by atoms with Gasteiger partial charge in [-0.25, -0.2) is 4.99 Å². The second-order valence-corrected chi connectivity index (χ2v) is 6.06. The summed E-state index contributed by atoms with van der Waals surface area (Å²) in [6.45, 7) is 0.704. The van der Waals surface area contributed by atoms with Crippen molar-refractivity contribution in [2.75, 3.05) is 18.5 Å². The molecule has 0 aromatic heterocycles. The number of nitrogens with zero attached hydrogens (tertiary/aromatic N) is 3. The minimum Gasteiger partial charge on any atom is -1.00 e. The van der Waals surface area contributed by atoms with Crippen LogP contribution in [0.3, 0.4) is 0 Å². The highest BCUT2D eigenvalue weighted by Gasteiger charge is 2.38. The predicted molar refractivity (Wildman–Crippen MR) is 88.2 cm³/mol. The van der Waals surface area contributed by atoms with E-state index in [9.17, 15) is 4.79 Å². The summed E-state index contributed by atoms with van der Waals surface area (Å²) < 4.78 is 0. The summed E-state index contributed by atoms with van der Waals surface area (Å²) in [6.07, 6.45) is 0.848. The van der Waals surface area contributed by atoms with Crippen LogP contribution in [0.5, 0.6) is 0 Å². The number of rotatable bonds is 0. The minimum absolute atomic E-state index is 0. The lowest BCUT2D eigenvalue weighted by molar-refractivity contribution is -0.0000143. The van der Waals surface area contributed by atoms with Gasteiger partial charge in [0.2, 0.25) is 0 Å². The van der Waals surface area contributed by atoms with Crippen molar-refractivity contribution < 1.29 is 17.2 Å². The van der Waals surface area contributed by atoms with Gasteiger partial charge in [-0.1, -0.05) is 30.3 Å². The van der Waals surface area contributed by atoms with Crippen LogP contribution in [-0.2, 0) is 0 Å². The SMILES string of the molecule is CN1C2=C3N=c4ccccc4=C3CCN2C(=O)c2ccccc21.[Cl-]. The molecule has 0 saturated heterocycles. The van der Waals surface area contributed by atoms with Crippen LogP contribution in [0.1, 0.15) is 16.8 Å². The Labute approximate surface area is 145 Å². The van der Waals surface area contributed by atoms with Gasteiger partial charge >= 0.3 is 0 Å². The van der Waals surface area contributed by atoms with Gasteiger partial charge < -0.3 is 17.3 Å². The molecule has 0 aliphatic carbocycles. The fourth-order valence-corrected chi connectivity index (χ4v) is 3.78. The summed E-state index contributed by atoms with van der Waals surface area (Å²) in [6, 6.07) is 16.0. The zero-order valence-electron chi connectivity index (χ0n) is 13.2. The number of anilines is 1. The standard InChI is InChI=1S/C19H15N3O.ClH/c1-21-16-9-5-3-7-14(16)19(23)22-11-10-13-12-6-2-4-8-15(12)20-17(13)18(21)22;/h2-9H,10-11H2,1H3;1H/p-1. The summed E-state index contributed by atoms with van der Waals surface area (Å²) in [5.74, 6) is 0.984. The Bertz CT molecular complexity index is 1020. The second-order valence-electron chi connectivity index (χ2n) is 6.06. The molecule has 0 atom stereocenters. The number of hydrogen-bond acceptors (Lipinski definition) is 3. The number of para-hydroxylation sites is 2. The first kappa shape index (κ1) is 15.0. The Balaban J connectivity index is 0.00000146. The number of amides is 1. The number of carbonyl (C=O) groups is 1. The molecule has 2 aromatic rings. The minimum atomic E-state index is 0. The van der Waals surface area contributed by atoms with E-state index in [1.807, 2.05) is 54.4 Å². The second kappa shape index (κ2) is 5.21. The molecule has 3 heterocycles. The number of halogens is 1. The Morgan fingerprint density at radius 3 is 2.67 bits per heavy atom. The van der Waals surface area contributed by atoms with Crippen LogP contribution in [0.4, 0.5) is 5.69 Å². The van der Waals surface area contributed by atoms with E-state index in [4.69, 9.17) is 4.99 Å². The molecule has 0 spiro atoms. The maximum atomic E-state index is 12.9. The normalized spacial score (nSPS) is 17.5. The molecular formula is C19H15ClN3O-. The Morgan fingerprint density at radius 2 is 1.79 bits per heavy atom. The van der Waals surface area contributed by atoms with E-state index in [0.717, 1.165) is 34.5 Å². The molecule has 4 nitrogen and oxygen atoms in total. The fraction of sp³-hybridized carbons (Fsp3) is 0.158. The highest BCUT2D eigenvalue weighted by Crippen LogP contribution is 2.39. The van der Waals surface area contributed by atoms with Crippen LogP contribution in [0.2, 0.25) is 0 Å². The van der Waals surface area contributed by atoms with Crippen molar-refractivity contribution in [3.8, 4) is 0 Å². The van der Waals surface area contributed by atoms with Gasteiger partial charge in [0.1, 0.15) is 11.5 Å². The van der Waals surface area contributed by atoms with Crippen LogP contribution in [0, 0.1) is 0 Å². The smallest absolute Gasteiger partial charge is 0.261 e. The van der Waals surface area contributed by atoms with E-state index in [-0.39, 0.29) is 18.3 Å². The maximum Gasteiger partial charge on any atom is 0.261 e. The molecule has 3 aliphatic rings. The lowest BCUT2D eigenvalue weighted by Gasteiger charge is -2.41. The number of benzene rings is 2. The van der Waals surface area contributed by atoms with Gasteiger partial charge in [0, 0.05) is 18.8 Å². The number of allylic oxidation sites excluding steroid dienone is 1. The molecule has 0 radical (unpaired) electrons. The van der Waals surface area contributed by atoms with Gasteiger partial charge in [0.05, 0.1) is 16.6 Å². The van der Waals surface area contributed by atoms with Gasteiger partial charge in [0.25, 0.3) is 5.91 Å². The van der Waals surface area contributed by atoms with Gasteiger partial charge in [-0.15, -0.1) is 0 Å². The fourth-order valence-electron chi connectivity index (χ4n) is 3.78. The van der Waals surface area contributed by atoms with Crippen LogP contribution in [0.15, 0.2) is 65.0 Å². The molecule has 2 aromatic carbocycles. The van der Waals surface area contributed by atoms with E-state index in [2.05, 4.69) is 11.0 Å². The Morgan fingerprint density at radius 1 is 1.04 bits per heavy atom. The maximum absolute atomic E-state index is 12.9. The Kier molecular flexibility index (Phi) is 3.25. The zero-order valence-corrected chi connectivity index (χ0v) is 13.9. The predicted octanol–water partition coefficient (Wildman–Crippen LogP) is -1.36. The molecule has 0 unspecified atom stereocenters. The summed E-state index contributed by atoms with van der Waals surface area (Å²) in [4.78, 5) is 21.7. The number of carbonyl (C=O) groups excluding carboxylic acids is 1. The van der Waals surface area contributed by atoms with E-state index in [0.29, 0.717) is 6.54 Å². The van der Waals surface area contributed by atoms with Crippen molar-refractivity contribution in [3.63, 3.8) is 0 Å². The number of hydrogen-bond donors (Lipinski definition) is 0. The number of fused-ring (bicyclic) bond motifs is 4. The third kappa shape index (κ3) is 1.80. The molecule has 3 aliphatic heterocycles. The van der Waals surface area contributed by atoms with Crippen molar-refractivity contribution in [1.82, 2.24) is 4.90 Å². The molecule has 5 rings (SSSR count). The molecule has 1 amide bonds. The first-order chi connectivity index (χ1) is 11.3. The molecule has 120 valence electrons. The van der Waals surface area contributed by atoms with Crippen molar-refractivity contribution in [2.45, 2.75) is 6.42 Å². The summed E-state index contributed by atoms with van der Waals surface area (Å²) in [5.41, 5.74) is 3.91. The third-order valence-corrected chi connectivity index (χ3v) is 4.86. The van der Waals surface area contributed by atoms with Crippen molar-refractivity contribution in [2.24, 2.45) is 4.99 Å². The van der Waals surface area contributed by atoms with Crippen LogP contribution in [0.25, 0.3) is 5.57 Å². The molecule has 0 saturated carbocycles. The molecule has 0 bridgehead atoms. The molecule has 5 heteroatoms.